The highest BCUT2D eigenvalue weighted by Crippen LogP contribution is 2.43. The summed E-state index contributed by atoms with van der Waals surface area (Å²) in [5, 5.41) is 27.9. The molecule has 40 heavy (non-hydrogen) atoms. The molecule has 0 aliphatic rings. The van der Waals surface area contributed by atoms with E-state index in [1.807, 2.05) is 52.0 Å². The van der Waals surface area contributed by atoms with Crippen LogP contribution in [0.3, 0.4) is 0 Å². The molecule has 0 radical (unpaired) electrons. The van der Waals surface area contributed by atoms with Gasteiger partial charge < -0.3 is 29.7 Å². The lowest BCUT2D eigenvalue weighted by atomic mass is 9.94. The third-order valence-corrected chi connectivity index (χ3v) is 6.68. The molecule has 3 N–H and O–H groups in total. The lowest BCUT2D eigenvalue weighted by Gasteiger charge is -2.17. The first-order chi connectivity index (χ1) is 19.2. The van der Waals surface area contributed by atoms with E-state index in [1.54, 1.807) is 6.07 Å². The molecule has 0 spiro atoms. The van der Waals surface area contributed by atoms with Gasteiger partial charge in [-0.1, -0.05) is 49.7 Å². The van der Waals surface area contributed by atoms with Gasteiger partial charge in [-0.3, -0.25) is 9.59 Å². The van der Waals surface area contributed by atoms with E-state index in [2.05, 4.69) is 22.4 Å². The van der Waals surface area contributed by atoms with Crippen molar-refractivity contribution in [3.63, 3.8) is 0 Å². The molecule has 1 aromatic heterocycles. The minimum Gasteiger partial charge on any atom is -0.508 e. The summed E-state index contributed by atoms with van der Waals surface area (Å²) in [6.45, 7) is 10.0. The summed E-state index contributed by atoms with van der Waals surface area (Å²) < 4.78 is 10.6. The van der Waals surface area contributed by atoms with Crippen LogP contribution in [0.25, 0.3) is 22.5 Å². The van der Waals surface area contributed by atoms with Crippen molar-refractivity contribution in [1.29, 1.82) is 0 Å². The molecular formula is C31H41N3O6. The normalized spacial score (nSPS) is 11.3. The third-order valence-electron chi connectivity index (χ3n) is 6.68. The predicted octanol–water partition coefficient (Wildman–Crippen LogP) is 5.85. The van der Waals surface area contributed by atoms with Crippen molar-refractivity contribution < 1.29 is 29.1 Å². The average molecular weight is 552 g/mol. The zero-order chi connectivity index (χ0) is 29.2. The van der Waals surface area contributed by atoms with Crippen molar-refractivity contribution >= 4 is 11.9 Å². The van der Waals surface area contributed by atoms with E-state index in [4.69, 9.17) is 9.26 Å². The quantitative estimate of drug-likeness (QED) is 0.168. The van der Waals surface area contributed by atoms with E-state index in [0.717, 1.165) is 43.5 Å². The molecule has 0 aliphatic heterocycles. The van der Waals surface area contributed by atoms with Crippen LogP contribution in [0.5, 0.6) is 11.5 Å². The second kappa shape index (κ2) is 14.5. The van der Waals surface area contributed by atoms with Gasteiger partial charge in [-0.2, -0.15) is 0 Å². The van der Waals surface area contributed by atoms with E-state index in [1.165, 1.54) is 6.07 Å². The second-order valence-electron chi connectivity index (χ2n) is 10.2. The smallest absolute Gasteiger partial charge is 0.305 e. The Balaban J connectivity index is 1.80. The Bertz CT molecular complexity index is 1280. The number of esters is 1. The van der Waals surface area contributed by atoms with Gasteiger partial charge in [0.25, 0.3) is 5.91 Å². The molecule has 0 saturated carbocycles. The molecule has 0 atom stereocenters. The highest BCUT2D eigenvalue weighted by molar-refractivity contribution is 6.02. The molecule has 9 heteroatoms. The fourth-order valence-corrected chi connectivity index (χ4v) is 4.61. The first kappa shape index (κ1) is 30.7. The summed E-state index contributed by atoms with van der Waals surface area (Å²) in [7, 11) is 2.06. The van der Waals surface area contributed by atoms with Crippen LogP contribution in [0.15, 0.2) is 40.9 Å². The lowest BCUT2D eigenvalue weighted by molar-refractivity contribution is -0.143. The molecule has 3 aromatic rings. The summed E-state index contributed by atoms with van der Waals surface area (Å²) in [6.07, 6.45) is 3.24. The van der Waals surface area contributed by atoms with Gasteiger partial charge in [0.2, 0.25) is 0 Å². The first-order valence-corrected chi connectivity index (χ1v) is 13.9. The Morgan fingerprint density at radius 3 is 2.42 bits per heavy atom. The Morgan fingerprint density at radius 2 is 1.77 bits per heavy atom. The number of phenols is 2. The van der Waals surface area contributed by atoms with Crippen molar-refractivity contribution in [2.24, 2.45) is 0 Å². The van der Waals surface area contributed by atoms with Gasteiger partial charge in [0, 0.05) is 25.6 Å². The van der Waals surface area contributed by atoms with Crippen LogP contribution in [-0.4, -0.2) is 58.9 Å². The predicted molar refractivity (Wildman–Crippen MR) is 154 cm³/mol. The van der Waals surface area contributed by atoms with Crippen molar-refractivity contribution in [1.82, 2.24) is 15.4 Å². The monoisotopic (exact) mass is 551 g/mol. The number of rotatable bonds is 14. The Labute approximate surface area is 236 Å². The molecule has 3 rings (SSSR count). The number of aromatic hydroxyl groups is 2. The Kier molecular flexibility index (Phi) is 11.1. The zero-order valence-corrected chi connectivity index (χ0v) is 24.1. The maximum absolute atomic E-state index is 12.9. The topological polar surface area (TPSA) is 125 Å². The van der Waals surface area contributed by atoms with E-state index in [-0.39, 0.29) is 40.7 Å². The highest BCUT2D eigenvalue weighted by atomic mass is 16.5. The first-order valence-electron chi connectivity index (χ1n) is 13.9. The summed E-state index contributed by atoms with van der Waals surface area (Å²) in [4.78, 5) is 26.6. The third kappa shape index (κ3) is 7.85. The minimum atomic E-state index is -0.374. The molecule has 9 nitrogen and oxygen atoms in total. The number of nitrogens with one attached hydrogen (secondary N) is 1. The molecule has 0 bridgehead atoms. The molecule has 0 unspecified atom stereocenters. The minimum absolute atomic E-state index is 0.00224. The van der Waals surface area contributed by atoms with Crippen molar-refractivity contribution in [3.05, 3.63) is 53.2 Å². The molecule has 0 fully saturated rings. The van der Waals surface area contributed by atoms with Gasteiger partial charge in [-0.25, -0.2) is 0 Å². The van der Waals surface area contributed by atoms with Gasteiger partial charge in [0.1, 0.15) is 11.5 Å². The molecule has 2 aromatic carbocycles. The van der Waals surface area contributed by atoms with E-state index in [0.29, 0.717) is 36.3 Å². The van der Waals surface area contributed by atoms with E-state index in [9.17, 15) is 19.8 Å². The van der Waals surface area contributed by atoms with Crippen molar-refractivity contribution in [3.8, 4) is 33.9 Å². The SMILES string of the molecule is CCNC(=O)c1noc(-c2cc(C(C)C)c(O)cc2O)c1-c1ccc(CN(C)CCCCCC(=O)OCC)cc1. The van der Waals surface area contributed by atoms with Gasteiger partial charge in [0.05, 0.1) is 17.7 Å². The number of hydrogen-bond acceptors (Lipinski definition) is 8. The van der Waals surface area contributed by atoms with Crippen LogP contribution in [-0.2, 0) is 16.1 Å². The summed E-state index contributed by atoms with van der Waals surface area (Å²) in [6, 6.07) is 10.8. The number of nitrogens with zero attached hydrogens (tertiary/aromatic N) is 2. The number of unbranched alkanes of at least 4 members (excludes halogenated alkanes) is 2. The number of carbonyl (C=O) groups excluding carboxylic acids is 2. The van der Waals surface area contributed by atoms with Crippen LogP contribution < -0.4 is 5.32 Å². The summed E-state index contributed by atoms with van der Waals surface area (Å²) >= 11 is 0. The number of phenolic OH excluding ortho intramolecular Hbond substituents is 2. The number of ether oxygens (including phenoxy) is 1. The Hall–Kier alpha value is -3.85. The standard InChI is InChI=1S/C31H41N3O6/c1-6-32-31(38)29-28(30(40-33-29)24-17-23(20(3)4)25(35)18-26(24)36)22-14-12-21(13-15-22)19-34(5)16-10-8-9-11-27(37)39-7-2/h12-15,17-18,20,35-36H,6-11,16,19H2,1-5H3,(H,32,38). The number of carbonyl (C=O) groups is 2. The molecule has 0 saturated heterocycles. The molecular weight excluding hydrogens is 510 g/mol. The molecule has 0 aliphatic carbocycles. The largest absolute Gasteiger partial charge is 0.508 e. The maximum Gasteiger partial charge on any atom is 0.305 e. The molecule has 1 amide bonds. The number of aromatic nitrogens is 1. The van der Waals surface area contributed by atoms with Crippen molar-refractivity contribution in [2.75, 3.05) is 26.7 Å². The van der Waals surface area contributed by atoms with E-state index >= 15 is 0 Å². The second-order valence-corrected chi connectivity index (χ2v) is 10.2. The number of benzene rings is 2. The van der Waals surface area contributed by atoms with Crippen LogP contribution in [0.1, 0.15) is 80.9 Å². The fraction of sp³-hybridized carbons (Fsp3) is 0.452. The summed E-state index contributed by atoms with van der Waals surface area (Å²) in [5.41, 5.74) is 3.43. The van der Waals surface area contributed by atoms with Gasteiger partial charge in [-0.15, -0.1) is 0 Å². The fourth-order valence-electron chi connectivity index (χ4n) is 4.61. The molecule has 216 valence electrons. The number of hydrogen-bond donors (Lipinski definition) is 3. The zero-order valence-electron chi connectivity index (χ0n) is 24.1. The Morgan fingerprint density at radius 1 is 1.05 bits per heavy atom. The van der Waals surface area contributed by atoms with Crippen LogP contribution in [0, 0.1) is 0 Å². The summed E-state index contributed by atoms with van der Waals surface area (Å²) in [5.74, 6) is -0.420. The van der Waals surface area contributed by atoms with Crippen molar-refractivity contribution in [2.45, 2.75) is 65.8 Å². The maximum atomic E-state index is 12.9. The van der Waals surface area contributed by atoms with Crippen LogP contribution in [0.4, 0.5) is 0 Å². The molecule has 1 heterocycles. The van der Waals surface area contributed by atoms with E-state index < -0.39 is 0 Å². The lowest BCUT2D eigenvalue weighted by Crippen LogP contribution is -2.23. The average Bonchev–Trinajstić information content (AvgIpc) is 3.34. The van der Waals surface area contributed by atoms with Crippen LogP contribution in [0.2, 0.25) is 0 Å². The highest BCUT2D eigenvalue weighted by Gasteiger charge is 2.27. The van der Waals surface area contributed by atoms with Gasteiger partial charge in [0.15, 0.2) is 11.5 Å². The van der Waals surface area contributed by atoms with Gasteiger partial charge >= 0.3 is 5.97 Å². The number of amides is 1. The van der Waals surface area contributed by atoms with Gasteiger partial charge in [-0.05, 0) is 69.0 Å². The van der Waals surface area contributed by atoms with Crippen LogP contribution >= 0.6 is 0 Å².